The summed E-state index contributed by atoms with van der Waals surface area (Å²) in [7, 11) is 2.13. The number of hydrogen-bond donors (Lipinski definition) is 1. The van der Waals surface area contributed by atoms with Crippen LogP contribution in [0.4, 0.5) is 10.1 Å². The van der Waals surface area contributed by atoms with Crippen molar-refractivity contribution < 1.29 is 9.13 Å². The van der Waals surface area contributed by atoms with E-state index in [4.69, 9.17) is 4.74 Å². The molecular formula is C25H29FN4O. The van der Waals surface area contributed by atoms with E-state index in [2.05, 4.69) is 52.3 Å². The second-order valence-corrected chi connectivity index (χ2v) is 8.69. The highest BCUT2D eigenvalue weighted by molar-refractivity contribution is 5.78. The predicted octanol–water partition coefficient (Wildman–Crippen LogP) is 5.18. The van der Waals surface area contributed by atoms with Gasteiger partial charge in [0.1, 0.15) is 17.3 Å². The molecule has 6 heteroatoms. The van der Waals surface area contributed by atoms with Crippen molar-refractivity contribution in [1.29, 1.82) is 0 Å². The predicted molar refractivity (Wildman–Crippen MR) is 121 cm³/mol. The van der Waals surface area contributed by atoms with E-state index >= 15 is 0 Å². The van der Waals surface area contributed by atoms with Crippen molar-refractivity contribution >= 4 is 5.69 Å². The molecule has 0 spiro atoms. The number of aromatic nitrogens is 2. The zero-order valence-corrected chi connectivity index (χ0v) is 18.1. The molecule has 31 heavy (non-hydrogen) atoms. The first-order valence-corrected chi connectivity index (χ1v) is 11.2. The number of anilines is 1. The van der Waals surface area contributed by atoms with Gasteiger partial charge in [-0.2, -0.15) is 5.10 Å². The average molecular weight is 421 g/mol. The molecule has 0 bridgehead atoms. The number of benzene rings is 2. The summed E-state index contributed by atoms with van der Waals surface area (Å²) >= 11 is 0. The Kier molecular flexibility index (Phi) is 5.40. The molecule has 3 heterocycles. The molecule has 1 atom stereocenters. The first-order chi connectivity index (χ1) is 15.1. The second-order valence-electron chi connectivity index (χ2n) is 8.69. The SMILES string of the molecule is CC1CCc2c(ccc(-c3cnn(C4CCNCC4)c3)c2Oc2cccc(F)c2)N1C. The summed E-state index contributed by atoms with van der Waals surface area (Å²) in [4.78, 5) is 2.31. The maximum absolute atomic E-state index is 13.8. The van der Waals surface area contributed by atoms with E-state index in [-0.39, 0.29) is 5.82 Å². The van der Waals surface area contributed by atoms with Crippen molar-refractivity contribution in [3.8, 4) is 22.6 Å². The van der Waals surface area contributed by atoms with Crippen molar-refractivity contribution in [3.05, 3.63) is 60.2 Å². The topological polar surface area (TPSA) is 42.3 Å². The highest BCUT2D eigenvalue weighted by Gasteiger charge is 2.26. The normalized spacial score (nSPS) is 19.3. The van der Waals surface area contributed by atoms with Crippen LogP contribution in [0.25, 0.3) is 11.1 Å². The van der Waals surface area contributed by atoms with Gasteiger partial charge in [0, 0.05) is 47.7 Å². The molecule has 2 aromatic carbocycles. The van der Waals surface area contributed by atoms with Gasteiger partial charge < -0.3 is 15.0 Å². The van der Waals surface area contributed by atoms with Crippen LogP contribution in [-0.2, 0) is 6.42 Å². The maximum atomic E-state index is 13.8. The van der Waals surface area contributed by atoms with Gasteiger partial charge in [-0.05, 0) is 70.0 Å². The van der Waals surface area contributed by atoms with Gasteiger partial charge in [0.15, 0.2) is 0 Å². The van der Waals surface area contributed by atoms with Gasteiger partial charge in [-0.1, -0.05) is 6.07 Å². The summed E-state index contributed by atoms with van der Waals surface area (Å²) in [6.45, 7) is 4.29. The van der Waals surface area contributed by atoms with Gasteiger partial charge in [0.2, 0.25) is 0 Å². The molecule has 2 aliphatic heterocycles. The minimum absolute atomic E-state index is 0.298. The van der Waals surface area contributed by atoms with E-state index in [1.54, 1.807) is 12.1 Å². The quantitative estimate of drug-likeness (QED) is 0.632. The van der Waals surface area contributed by atoms with E-state index in [0.717, 1.165) is 55.6 Å². The molecule has 1 saturated heterocycles. The molecule has 2 aliphatic rings. The zero-order chi connectivity index (χ0) is 21.4. The molecule has 0 saturated carbocycles. The lowest BCUT2D eigenvalue weighted by molar-refractivity contribution is 0.343. The van der Waals surface area contributed by atoms with Crippen molar-refractivity contribution in [1.82, 2.24) is 15.1 Å². The molecule has 1 N–H and O–H groups in total. The number of ether oxygens (including phenoxy) is 1. The number of fused-ring (bicyclic) bond motifs is 1. The molecule has 0 aliphatic carbocycles. The molecular weight excluding hydrogens is 391 g/mol. The van der Waals surface area contributed by atoms with Crippen LogP contribution >= 0.6 is 0 Å². The van der Waals surface area contributed by atoms with Crippen LogP contribution in [0.15, 0.2) is 48.8 Å². The summed E-state index contributed by atoms with van der Waals surface area (Å²) in [6, 6.07) is 11.6. The Bertz CT molecular complexity index is 1070. The summed E-state index contributed by atoms with van der Waals surface area (Å²) in [5, 5.41) is 8.09. The molecule has 0 amide bonds. The summed E-state index contributed by atoms with van der Waals surface area (Å²) in [6.07, 6.45) is 8.21. The monoisotopic (exact) mass is 420 g/mol. The van der Waals surface area contributed by atoms with Gasteiger partial charge >= 0.3 is 0 Å². The third kappa shape index (κ3) is 3.92. The van der Waals surface area contributed by atoms with E-state index in [1.807, 2.05) is 6.20 Å². The standard InChI is InChI=1S/C25H29FN4O/c1-17-6-7-23-24(29(17)2)9-8-22(25(23)31-21-5-3-4-19(26)14-21)18-15-28-30(16-18)20-10-12-27-13-11-20/h3-5,8-9,14-17,20,27H,6-7,10-13H2,1-2H3. The van der Waals surface area contributed by atoms with E-state index in [9.17, 15) is 4.39 Å². The number of piperidine rings is 1. The first-order valence-electron chi connectivity index (χ1n) is 11.2. The van der Waals surface area contributed by atoms with Crippen molar-refractivity contribution in [2.75, 3.05) is 25.0 Å². The number of nitrogens with zero attached hydrogens (tertiary/aromatic N) is 3. The summed E-state index contributed by atoms with van der Waals surface area (Å²) in [5.41, 5.74) is 4.40. The van der Waals surface area contributed by atoms with Crippen LogP contribution < -0.4 is 15.0 Å². The van der Waals surface area contributed by atoms with Gasteiger partial charge in [0.25, 0.3) is 0 Å². The molecule has 1 aromatic heterocycles. The lowest BCUT2D eigenvalue weighted by Crippen LogP contribution is -2.33. The maximum Gasteiger partial charge on any atom is 0.140 e. The Balaban J connectivity index is 1.57. The molecule has 1 fully saturated rings. The van der Waals surface area contributed by atoms with Gasteiger partial charge in [-0.15, -0.1) is 0 Å². The fourth-order valence-corrected chi connectivity index (χ4v) is 4.71. The van der Waals surface area contributed by atoms with Crippen LogP contribution in [0.2, 0.25) is 0 Å². The van der Waals surface area contributed by atoms with Crippen LogP contribution in [0.3, 0.4) is 0 Å². The fraction of sp³-hybridized carbons (Fsp3) is 0.400. The molecule has 3 aromatic rings. The Morgan fingerprint density at radius 3 is 2.77 bits per heavy atom. The van der Waals surface area contributed by atoms with E-state index < -0.39 is 0 Å². The largest absolute Gasteiger partial charge is 0.456 e. The number of hydrogen-bond acceptors (Lipinski definition) is 4. The Hall–Kier alpha value is -2.86. The van der Waals surface area contributed by atoms with Crippen LogP contribution in [-0.4, -0.2) is 36.0 Å². The second kappa shape index (κ2) is 8.35. The Morgan fingerprint density at radius 2 is 1.97 bits per heavy atom. The van der Waals surface area contributed by atoms with Crippen molar-refractivity contribution in [2.45, 2.75) is 44.7 Å². The zero-order valence-electron chi connectivity index (χ0n) is 18.1. The lowest BCUT2D eigenvalue weighted by atomic mass is 9.93. The minimum Gasteiger partial charge on any atom is -0.456 e. The third-order valence-corrected chi connectivity index (χ3v) is 6.70. The first kappa shape index (κ1) is 20.1. The summed E-state index contributed by atoms with van der Waals surface area (Å²) < 4.78 is 22.3. The van der Waals surface area contributed by atoms with E-state index in [1.165, 1.54) is 23.4 Å². The van der Waals surface area contributed by atoms with E-state index in [0.29, 0.717) is 17.8 Å². The number of halogens is 1. The average Bonchev–Trinajstić information content (AvgIpc) is 3.27. The Labute approximate surface area is 182 Å². The molecule has 5 nitrogen and oxygen atoms in total. The highest BCUT2D eigenvalue weighted by atomic mass is 19.1. The molecule has 5 rings (SSSR count). The van der Waals surface area contributed by atoms with Crippen molar-refractivity contribution in [2.24, 2.45) is 0 Å². The number of rotatable bonds is 4. The van der Waals surface area contributed by atoms with Crippen LogP contribution in [0.5, 0.6) is 11.5 Å². The number of nitrogens with one attached hydrogen (secondary N) is 1. The van der Waals surface area contributed by atoms with Crippen LogP contribution in [0.1, 0.15) is 37.8 Å². The third-order valence-electron chi connectivity index (χ3n) is 6.70. The summed E-state index contributed by atoms with van der Waals surface area (Å²) in [5.74, 6) is 1.03. The highest BCUT2D eigenvalue weighted by Crippen LogP contribution is 2.44. The lowest BCUT2D eigenvalue weighted by Gasteiger charge is -2.35. The van der Waals surface area contributed by atoms with Gasteiger partial charge in [0.05, 0.1) is 12.2 Å². The van der Waals surface area contributed by atoms with Gasteiger partial charge in [-0.25, -0.2) is 4.39 Å². The molecule has 162 valence electrons. The van der Waals surface area contributed by atoms with Gasteiger partial charge in [-0.3, -0.25) is 4.68 Å². The smallest absolute Gasteiger partial charge is 0.140 e. The Morgan fingerprint density at radius 1 is 1.13 bits per heavy atom. The molecule has 1 unspecified atom stereocenters. The minimum atomic E-state index is -0.298. The van der Waals surface area contributed by atoms with Crippen molar-refractivity contribution in [3.63, 3.8) is 0 Å². The fourth-order valence-electron chi connectivity index (χ4n) is 4.71. The van der Waals surface area contributed by atoms with Crippen LogP contribution in [0, 0.1) is 5.82 Å². The molecule has 0 radical (unpaired) electrons.